The monoisotopic (exact) mass is 317 g/mol. The Bertz CT molecular complexity index is 336. The molecule has 2 N–H and O–H groups in total. The second-order valence-electron chi connectivity index (χ2n) is 4.86. The highest BCUT2D eigenvalue weighted by atomic mass is 79.9. The second-order valence-corrected chi connectivity index (χ2v) is 6.72. The van der Waals surface area contributed by atoms with E-state index < -0.39 is 0 Å². The summed E-state index contributed by atoms with van der Waals surface area (Å²) in [6.45, 7) is 1.56. The molecule has 17 heavy (non-hydrogen) atoms. The first-order chi connectivity index (χ1) is 8.25. The van der Waals surface area contributed by atoms with Crippen LogP contribution in [-0.2, 0) is 6.54 Å². The van der Waals surface area contributed by atoms with E-state index in [1.165, 1.54) is 35.0 Å². The van der Waals surface area contributed by atoms with Crippen LogP contribution in [0.2, 0.25) is 0 Å². The van der Waals surface area contributed by atoms with Gasteiger partial charge in [0.05, 0.1) is 6.10 Å². The van der Waals surface area contributed by atoms with Gasteiger partial charge in [-0.3, -0.25) is 0 Å². The summed E-state index contributed by atoms with van der Waals surface area (Å²) in [5.74, 6) is 0.764. The minimum absolute atomic E-state index is 0.183. The van der Waals surface area contributed by atoms with E-state index in [4.69, 9.17) is 0 Å². The molecule has 1 unspecified atom stereocenters. The zero-order valence-electron chi connectivity index (χ0n) is 9.99. The molecule has 2 nitrogen and oxygen atoms in total. The molecule has 0 aromatic carbocycles. The average molecular weight is 318 g/mol. The molecule has 2 rings (SSSR count). The normalized spacial score (nSPS) is 18.7. The summed E-state index contributed by atoms with van der Waals surface area (Å²) in [6.07, 6.45) is 6.12. The second kappa shape index (κ2) is 6.88. The molecule has 1 heterocycles. The van der Waals surface area contributed by atoms with E-state index in [1.54, 1.807) is 11.3 Å². The quantitative estimate of drug-likeness (QED) is 0.841. The van der Waals surface area contributed by atoms with E-state index >= 15 is 0 Å². The standard InChI is InChI=1S/C13H20BrNOS/c14-12-5-6-17-13(12)9-15-8-11(16)7-10-3-1-2-4-10/h5-6,10-11,15-16H,1-4,7-9H2. The predicted octanol–water partition coefficient (Wildman–Crippen LogP) is 3.54. The van der Waals surface area contributed by atoms with Crippen molar-refractivity contribution in [2.24, 2.45) is 5.92 Å². The summed E-state index contributed by atoms with van der Waals surface area (Å²) in [5.41, 5.74) is 0. The first-order valence-electron chi connectivity index (χ1n) is 6.36. The van der Waals surface area contributed by atoms with Crippen molar-refractivity contribution in [1.82, 2.24) is 5.32 Å². The van der Waals surface area contributed by atoms with Crippen molar-refractivity contribution >= 4 is 27.3 Å². The third-order valence-electron chi connectivity index (χ3n) is 3.44. The molecule has 1 aromatic heterocycles. The highest BCUT2D eigenvalue weighted by molar-refractivity contribution is 9.10. The first kappa shape index (κ1) is 13.5. The van der Waals surface area contributed by atoms with Crippen LogP contribution >= 0.6 is 27.3 Å². The Morgan fingerprint density at radius 3 is 2.88 bits per heavy atom. The molecule has 1 saturated carbocycles. The molecular formula is C13H20BrNOS. The SMILES string of the molecule is OC(CNCc1sccc1Br)CC1CCCC1. The van der Waals surface area contributed by atoms with E-state index in [0.717, 1.165) is 18.9 Å². The topological polar surface area (TPSA) is 32.3 Å². The molecule has 0 spiro atoms. The van der Waals surface area contributed by atoms with Crippen molar-refractivity contribution in [2.45, 2.75) is 44.8 Å². The van der Waals surface area contributed by atoms with Gasteiger partial charge in [-0.15, -0.1) is 11.3 Å². The predicted molar refractivity (Wildman–Crippen MR) is 76.3 cm³/mol. The van der Waals surface area contributed by atoms with Gasteiger partial charge in [0, 0.05) is 22.4 Å². The van der Waals surface area contributed by atoms with Crippen LogP contribution in [0.5, 0.6) is 0 Å². The van der Waals surface area contributed by atoms with Gasteiger partial charge < -0.3 is 10.4 Å². The lowest BCUT2D eigenvalue weighted by atomic mass is 10.0. The maximum atomic E-state index is 9.94. The Kier molecular flexibility index (Phi) is 5.48. The van der Waals surface area contributed by atoms with Crippen LogP contribution in [0.1, 0.15) is 37.0 Å². The molecule has 0 radical (unpaired) electrons. The van der Waals surface area contributed by atoms with E-state index in [0.29, 0.717) is 6.54 Å². The number of rotatable bonds is 6. The molecule has 1 atom stereocenters. The maximum absolute atomic E-state index is 9.94. The zero-order valence-corrected chi connectivity index (χ0v) is 12.4. The number of hydrogen-bond donors (Lipinski definition) is 2. The Morgan fingerprint density at radius 1 is 1.47 bits per heavy atom. The largest absolute Gasteiger partial charge is 0.392 e. The highest BCUT2D eigenvalue weighted by Gasteiger charge is 2.18. The van der Waals surface area contributed by atoms with Crippen LogP contribution in [0.25, 0.3) is 0 Å². The minimum Gasteiger partial charge on any atom is -0.392 e. The fraction of sp³-hybridized carbons (Fsp3) is 0.692. The Labute approximate surface area is 116 Å². The number of thiophene rings is 1. The minimum atomic E-state index is -0.183. The summed E-state index contributed by atoms with van der Waals surface area (Å²) in [6, 6.07) is 2.07. The smallest absolute Gasteiger partial charge is 0.0667 e. The van der Waals surface area contributed by atoms with Gasteiger partial charge >= 0.3 is 0 Å². The Balaban J connectivity index is 1.62. The van der Waals surface area contributed by atoms with Gasteiger partial charge in [-0.25, -0.2) is 0 Å². The van der Waals surface area contributed by atoms with Crippen LogP contribution in [-0.4, -0.2) is 17.8 Å². The van der Waals surface area contributed by atoms with E-state index in [2.05, 4.69) is 32.7 Å². The van der Waals surface area contributed by atoms with Gasteiger partial charge in [0.2, 0.25) is 0 Å². The molecule has 0 saturated heterocycles. The van der Waals surface area contributed by atoms with Gasteiger partial charge in [0.15, 0.2) is 0 Å². The molecule has 96 valence electrons. The van der Waals surface area contributed by atoms with Gasteiger partial charge in [0.1, 0.15) is 0 Å². The fourth-order valence-corrected chi connectivity index (χ4v) is 3.98. The van der Waals surface area contributed by atoms with Crippen LogP contribution in [0.4, 0.5) is 0 Å². The third kappa shape index (κ3) is 4.36. The van der Waals surface area contributed by atoms with Crippen LogP contribution in [0.3, 0.4) is 0 Å². The fourth-order valence-electron chi connectivity index (χ4n) is 2.52. The van der Waals surface area contributed by atoms with Crippen molar-refractivity contribution in [3.05, 3.63) is 20.8 Å². The molecule has 0 aliphatic heterocycles. The summed E-state index contributed by atoms with van der Waals surface area (Å²) in [4.78, 5) is 1.30. The van der Waals surface area contributed by atoms with Crippen molar-refractivity contribution < 1.29 is 5.11 Å². The van der Waals surface area contributed by atoms with Crippen molar-refractivity contribution in [3.63, 3.8) is 0 Å². The average Bonchev–Trinajstić information content (AvgIpc) is 2.91. The number of halogens is 1. The number of aliphatic hydroxyl groups excluding tert-OH is 1. The van der Waals surface area contributed by atoms with Crippen LogP contribution in [0.15, 0.2) is 15.9 Å². The molecule has 0 amide bonds. The maximum Gasteiger partial charge on any atom is 0.0667 e. The lowest BCUT2D eigenvalue weighted by Gasteiger charge is -2.15. The van der Waals surface area contributed by atoms with E-state index in [1.807, 2.05) is 0 Å². The Morgan fingerprint density at radius 2 is 2.24 bits per heavy atom. The summed E-state index contributed by atoms with van der Waals surface area (Å²) in [5, 5.41) is 15.3. The van der Waals surface area contributed by atoms with Gasteiger partial charge in [-0.05, 0) is 39.7 Å². The van der Waals surface area contributed by atoms with E-state index in [9.17, 15) is 5.11 Å². The number of hydrogen-bond acceptors (Lipinski definition) is 3. The molecule has 1 aliphatic rings. The first-order valence-corrected chi connectivity index (χ1v) is 8.03. The van der Waals surface area contributed by atoms with Crippen molar-refractivity contribution in [1.29, 1.82) is 0 Å². The summed E-state index contributed by atoms with van der Waals surface area (Å²) < 4.78 is 1.17. The molecule has 1 aliphatic carbocycles. The molecule has 4 heteroatoms. The lowest BCUT2D eigenvalue weighted by molar-refractivity contribution is 0.140. The number of aliphatic hydroxyl groups is 1. The van der Waals surface area contributed by atoms with Crippen molar-refractivity contribution in [3.8, 4) is 0 Å². The lowest BCUT2D eigenvalue weighted by Crippen LogP contribution is -2.27. The van der Waals surface area contributed by atoms with E-state index in [-0.39, 0.29) is 6.10 Å². The van der Waals surface area contributed by atoms with Crippen molar-refractivity contribution in [2.75, 3.05) is 6.54 Å². The summed E-state index contributed by atoms with van der Waals surface area (Å²) in [7, 11) is 0. The molecular weight excluding hydrogens is 298 g/mol. The summed E-state index contributed by atoms with van der Waals surface area (Å²) >= 11 is 5.26. The van der Waals surface area contributed by atoms with Gasteiger partial charge in [-0.2, -0.15) is 0 Å². The number of nitrogens with one attached hydrogen (secondary N) is 1. The van der Waals surface area contributed by atoms with Crippen LogP contribution < -0.4 is 5.32 Å². The molecule has 0 bridgehead atoms. The zero-order chi connectivity index (χ0) is 12.1. The molecule has 1 aromatic rings. The van der Waals surface area contributed by atoms with Gasteiger partial charge in [0.25, 0.3) is 0 Å². The molecule has 1 fully saturated rings. The highest BCUT2D eigenvalue weighted by Crippen LogP contribution is 2.28. The van der Waals surface area contributed by atoms with Gasteiger partial charge in [-0.1, -0.05) is 25.7 Å². The Hall–Kier alpha value is 0.100. The van der Waals surface area contributed by atoms with Crippen LogP contribution in [0, 0.1) is 5.92 Å². The third-order valence-corrected chi connectivity index (χ3v) is 5.36.